The number of nitrogens with two attached hydrogens (primary N) is 1. The second kappa shape index (κ2) is 5.82. The number of sulfonamides is 1. The summed E-state index contributed by atoms with van der Waals surface area (Å²) in [6.07, 6.45) is 1.47. The van der Waals surface area contributed by atoms with Crippen LogP contribution in [0.1, 0.15) is 20.8 Å². The molecule has 0 aliphatic heterocycles. The maximum atomic E-state index is 12.7. The van der Waals surface area contributed by atoms with E-state index in [9.17, 15) is 18.5 Å². The molecule has 0 unspecified atom stereocenters. The molecule has 21 heavy (non-hydrogen) atoms. The first kappa shape index (κ1) is 17.1. The van der Waals surface area contributed by atoms with Crippen LogP contribution in [-0.2, 0) is 10.0 Å². The number of hydrogen-bond acceptors (Lipinski definition) is 5. The maximum absolute atomic E-state index is 12.7. The molecule has 0 bridgehead atoms. The molecule has 8 heteroatoms. The van der Waals surface area contributed by atoms with E-state index in [1.807, 2.05) is 0 Å². The van der Waals surface area contributed by atoms with Gasteiger partial charge in [0.25, 0.3) is 5.69 Å². The lowest BCUT2D eigenvalue weighted by atomic mass is 10.1. The van der Waals surface area contributed by atoms with E-state index in [0.29, 0.717) is 0 Å². The molecule has 0 radical (unpaired) electrons. The highest BCUT2D eigenvalue weighted by molar-refractivity contribution is 7.89. The van der Waals surface area contributed by atoms with Gasteiger partial charge in [0.15, 0.2) is 0 Å². The van der Waals surface area contributed by atoms with E-state index in [2.05, 4.69) is 6.58 Å². The minimum atomic E-state index is -3.89. The van der Waals surface area contributed by atoms with Gasteiger partial charge in [-0.2, -0.15) is 4.31 Å². The van der Waals surface area contributed by atoms with Crippen molar-refractivity contribution in [1.82, 2.24) is 4.31 Å². The molecular formula is C13H19N3O4S. The molecule has 0 atom stereocenters. The van der Waals surface area contributed by atoms with Crippen LogP contribution in [0.25, 0.3) is 0 Å². The van der Waals surface area contributed by atoms with Crippen LogP contribution in [-0.4, -0.2) is 29.7 Å². The molecule has 0 spiro atoms. The van der Waals surface area contributed by atoms with Gasteiger partial charge in [-0.05, 0) is 32.9 Å². The zero-order chi connectivity index (χ0) is 16.4. The maximum Gasteiger partial charge on any atom is 0.293 e. The van der Waals surface area contributed by atoms with Gasteiger partial charge in [0.05, 0.1) is 9.82 Å². The molecule has 0 amide bonds. The Labute approximate surface area is 124 Å². The molecule has 116 valence electrons. The van der Waals surface area contributed by atoms with Crippen LogP contribution in [0.5, 0.6) is 0 Å². The average molecular weight is 313 g/mol. The Bertz CT molecular complexity index is 662. The molecule has 0 heterocycles. The molecule has 2 N–H and O–H groups in total. The van der Waals surface area contributed by atoms with Crippen LogP contribution in [0.3, 0.4) is 0 Å². The summed E-state index contributed by atoms with van der Waals surface area (Å²) < 4.78 is 26.6. The van der Waals surface area contributed by atoms with Gasteiger partial charge in [-0.1, -0.05) is 6.08 Å². The van der Waals surface area contributed by atoms with Crippen molar-refractivity contribution in [3.05, 3.63) is 41.0 Å². The highest BCUT2D eigenvalue weighted by Gasteiger charge is 2.34. The number of hydrogen-bond donors (Lipinski definition) is 1. The molecule has 1 rings (SSSR count). The Morgan fingerprint density at radius 1 is 1.43 bits per heavy atom. The highest BCUT2D eigenvalue weighted by Crippen LogP contribution is 2.29. The van der Waals surface area contributed by atoms with Crippen LogP contribution in [0.4, 0.5) is 11.4 Å². The van der Waals surface area contributed by atoms with Crippen molar-refractivity contribution in [3.63, 3.8) is 0 Å². The van der Waals surface area contributed by atoms with Gasteiger partial charge in [0, 0.05) is 18.2 Å². The van der Waals surface area contributed by atoms with Crippen molar-refractivity contribution in [2.24, 2.45) is 0 Å². The molecule has 0 saturated heterocycles. The first-order chi connectivity index (χ1) is 9.51. The van der Waals surface area contributed by atoms with Gasteiger partial charge in [-0.25, -0.2) is 8.42 Å². The van der Waals surface area contributed by atoms with Crippen LogP contribution in [0, 0.1) is 10.1 Å². The fourth-order valence-electron chi connectivity index (χ4n) is 1.82. The molecule has 0 fully saturated rings. The third-order valence-electron chi connectivity index (χ3n) is 2.83. The minimum absolute atomic E-state index is 0.0787. The normalized spacial score (nSPS) is 12.4. The summed E-state index contributed by atoms with van der Waals surface area (Å²) in [7, 11) is -3.89. The fraction of sp³-hybridized carbons (Fsp3) is 0.385. The van der Waals surface area contributed by atoms with E-state index in [1.165, 1.54) is 22.5 Å². The van der Waals surface area contributed by atoms with Crippen LogP contribution in [0.2, 0.25) is 0 Å². The summed E-state index contributed by atoms with van der Waals surface area (Å²) in [5.74, 6) is 0. The predicted molar refractivity (Wildman–Crippen MR) is 81.4 cm³/mol. The van der Waals surface area contributed by atoms with Crippen molar-refractivity contribution in [2.75, 3.05) is 12.3 Å². The molecule has 0 aliphatic carbocycles. The molecular weight excluding hydrogens is 294 g/mol. The van der Waals surface area contributed by atoms with Crippen molar-refractivity contribution in [2.45, 2.75) is 31.2 Å². The number of benzene rings is 1. The Kier molecular flexibility index (Phi) is 4.75. The quantitative estimate of drug-likeness (QED) is 0.388. The molecule has 0 aliphatic rings. The number of anilines is 1. The largest absolute Gasteiger partial charge is 0.393 e. The third kappa shape index (κ3) is 3.59. The lowest BCUT2D eigenvalue weighted by Gasteiger charge is -2.33. The zero-order valence-corrected chi connectivity index (χ0v) is 13.1. The summed E-state index contributed by atoms with van der Waals surface area (Å²) in [6.45, 7) is 8.86. The third-order valence-corrected chi connectivity index (χ3v) is 4.96. The minimum Gasteiger partial charge on any atom is -0.393 e. The average Bonchev–Trinajstić information content (AvgIpc) is 2.34. The van der Waals surface area contributed by atoms with E-state index in [0.717, 1.165) is 6.07 Å². The second-order valence-electron chi connectivity index (χ2n) is 5.47. The first-order valence-corrected chi connectivity index (χ1v) is 7.63. The molecule has 0 saturated carbocycles. The lowest BCUT2D eigenvalue weighted by Crippen LogP contribution is -2.45. The zero-order valence-electron chi connectivity index (χ0n) is 12.2. The Balaban J connectivity index is 3.45. The van der Waals surface area contributed by atoms with Crippen molar-refractivity contribution in [3.8, 4) is 0 Å². The Morgan fingerprint density at radius 2 is 2.00 bits per heavy atom. The number of nitro benzene ring substituents is 1. The Hall–Kier alpha value is -1.93. The van der Waals surface area contributed by atoms with E-state index in [-0.39, 0.29) is 17.1 Å². The summed E-state index contributed by atoms with van der Waals surface area (Å²) in [4.78, 5) is 10.0. The number of nitrogen functional groups attached to an aromatic ring is 1. The predicted octanol–water partition coefficient (Wildman–Crippen LogP) is 2.15. The van der Waals surface area contributed by atoms with Gasteiger partial charge in [0.2, 0.25) is 10.0 Å². The molecule has 1 aromatic carbocycles. The standard InChI is InChI=1S/C13H19N3O4S/c1-5-8-15(13(2,3)4)21(19,20)10-6-7-11(14)12(9-10)16(17)18/h5-7,9H,1,8,14H2,2-4H3. The van der Waals surface area contributed by atoms with Gasteiger partial charge in [0.1, 0.15) is 5.69 Å². The number of rotatable bonds is 5. The summed E-state index contributed by atoms with van der Waals surface area (Å²) in [5, 5.41) is 10.9. The smallest absolute Gasteiger partial charge is 0.293 e. The van der Waals surface area contributed by atoms with Gasteiger partial charge < -0.3 is 5.73 Å². The van der Waals surface area contributed by atoms with Gasteiger partial charge >= 0.3 is 0 Å². The van der Waals surface area contributed by atoms with Crippen molar-refractivity contribution < 1.29 is 13.3 Å². The van der Waals surface area contributed by atoms with E-state index < -0.39 is 26.2 Å². The van der Waals surface area contributed by atoms with Crippen molar-refractivity contribution in [1.29, 1.82) is 0 Å². The van der Waals surface area contributed by atoms with E-state index in [4.69, 9.17) is 5.73 Å². The van der Waals surface area contributed by atoms with Gasteiger partial charge in [-0.15, -0.1) is 6.58 Å². The van der Waals surface area contributed by atoms with Crippen LogP contribution < -0.4 is 5.73 Å². The van der Waals surface area contributed by atoms with Crippen LogP contribution in [0.15, 0.2) is 35.7 Å². The fourth-order valence-corrected chi connectivity index (χ4v) is 3.60. The highest BCUT2D eigenvalue weighted by atomic mass is 32.2. The molecule has 1 aromatic rings. The first-order valence-electron chi connectivity index (χ1n) is 6.19. The van der Waals surface area contributed by atoms with E-state index in [1.54, 1.807) is 20.8 Å². The second-order valence-corrected chi connectivity index (χ2v) is 7.34. The molecule has 0 aromatic heterocycles. The summed E-state index contributed by atoms with van der Waals surface area (Å²) in [5.41, 5.74) is 4.29. The summed E-state index contributed by atoms with van der Waals surface area (Å²) >= 11 is 0. The Morgan fingerprint density at radius 3 is 2.43 bits per heavy atom. The monoisotopic (exact) mass is 313 g/mol. The van der Waals surface area contributed by atoms with Crippen LogP contribution >= 0.6 is 0 Å². The van der Waals surface area contributed by atoms with Gasteiger partial charge in [-0.3, -0.25) is 10.1 Å². The SMILES string of the molecule is C=CCN(C(C)(C)C)S(=O)(=O)c1ccc(N)c([N+](=O)[O-])c1. The number of nitro groups is 1. The number of nitrogens with zero attached hydrogens (tertiary/aromatic N) is 2. The lowest BCUT2D eigenvalue weighted by molar-refractivity contribution is -0.384. The van der Waals surface area contributed by atoms with Crippen molar-refractivity contribution >= 4 is 21.4 Å². The molecule has 7 nitrogen and oxygen atoms in total. The topological polar surface area (TPSA) is 107 Å². The van der Waals surface area contributed by atoms with E-state index >= 15 is 0 Å². The summed E-state index contributed by atoms with van der Waals surface area (Å²) in [6, 6.07) is 3.46.